The van der Waals surface area contributed by atoms with Crippen LogP contribution in [0.3, 0.4) is 0 Å². The van der Waals surface area contributed by atoms with Gasteiger partial charge in [-0.3, -0.25) is 9.97 Å². The van der Waals surface area contributed by atoms with Crippen molar-refractivity contribution in [2.24, 2.45) is 0 Å². The molecule has 0 radical (unpaired) electrons. The van der Waals surface area contributed by atoms with E-state index < -0.39 is 12.3 Å². The second kappa shape index (κ2) is 7.16. The molecular weight excluding hydrogens is 380 g/mol. The number of nitrogens with zero attached hydrogens (tertiary/aromatic N) is 7. The highest BCUT2D eigenvalue weighted by Gasteiger charge is 2.17. The second-order valence-electron chi connectivity index (χ2n) is 5.48. The fraction of sp³-hybridized carbons (Fsp3) is 0.125. The second-order valence-corrected chi connectivity index (χ2v) is 5.91. The summed E-state index contributed by atoms with van der Waals surface area (Å²) in [6.45, 7) is 0.368. The minimum Gasteiger partial charge on any atom is -0.415 e. The van der Waals surface area contributed by atoms with Gasteiger partial charge in [0.1, 0.15) is 5.69 Å². The molecule has 0 atom stereocenters. The summed E-state index contributed by atoms with van der Waals surface area (Å²) in [5.41, 5.74) is 2.52. The van der Waals surface area contributed by atoms with Crippen molar-refractivity contribution in [2.45, 2.75) is 13.0 Å². The van der Waals surface area contributed by atoms with Crippen molar-refractivity contribution in [3.8, 4) is 22.7 Å². The molecule has 0 bridgehead atoms. The molecule has 0 aliphatic rings. The van der Waals surface area contributed by atoms with E-state index in [2.05, 4.69) is 30.5 Å². The van der Waals surface area contributed by atoms with Gasteiger partial charge < -0.3 is 4.42 Å². The van der Waals surface area contributed by atoms with E-state index in [1.54, 1.807) is 35.3 Å². The van der Waals surface area contributed by atoms with Crippen LogP contribution in [0, 0.1) is 0 Å². The lowest BCUT2D eigenvalue weighted by atomic mass is 10.2. The summed E-state index contributed by atoms with van der Waals surface area (Å²) in [6, 6.07) is 5.11. The highest BCUT2D eigenvalue weighted by molar-refractivity contribution is 6.30. The number of pyridine rings is 2. The van der Waals surface area contributed by atoms with Crippen molar-refractivity contribution in [1.82, 2.24) is 35.2 Å². The van der Waals surface area contributed by atoms with Crippen LogP contribution >= 0.6 is 11.6 Å². The first-order valence-electron chi connectivity index (χ1n) is 7.66. The van der Waals surface area contributed by atoms with Gasteiger partial charge in [-0.1, -0.05) is 16.8 Å². The molecule has 0 fully saturated rings. The van der Waals surface area contributed by atoms with Gasteiger partial charge in [-0.15, -0.1) is 15.3 Å². The van der Waals surface area contributed by atoms with E-state index in [-0.39, 0.29) is 5.89 Å². The number of hydrogen-bond acceptors (Lipinski definition) is 7. The molecule has 4 heterocycles. The minimum absolute atomic E-state index is 0.0131. The monoisotopic (exact) mass is 389 g/mol. The first-order chi connectivity index (χ1) is 13.1. The first kappa shape index (κ1) is 17.2. The first-order valence-corrected chi connectivity index (χ1v) is 8.04. The maximum Gasteiger partial charge on any atom is 0.314 e. The molecule has 4 aromatic heterocycles. The van der Waals surface area contributed by atoms with Gasteiger partial charge >= 0.3 is 6.43 Å². The Morgan fingerprint density at radius 2 is 1.96 bits per heavy atom. The highest BCUT2D eigenvalue weighted by Crippen LogP contribution is 2.23. The Morgan fingerprint density at radius 3 is 2.67 bits per heavy atom. The molecule has 136 valence electrons. The van der Waals surface area contributed by atoms with E-state index >= 15 is 0 Å². The van der Waals surface area contributed by atoms with Crippen LogP contribution in [0.4, 0.5) is 8.78 Å². The molecule has 0 amide bonds. The SMILES string of the molecule is FC(F)c1nnc(-c2ccc(Cn3cc(-c4cncc(Cl)c4)nn3)nc2)o1. The Kier molecular flexibility index (Phi) is 4.55. The molecule has 4 rings (SSSR count). The van der Waals surface area contributed by atoms with Crippen LogP contribution in [-0.2, 0) is 6.54 Å². The maximum absolute atomic E-state index is 12.5. The zero-order valence-corrected chi connectivity index (χ0v) is 14.3. The Balaban J connectivity index is 1.49. The van der Waals surface area contributed by atoms with Crippen molar-refractivity contribution >= 4 is 11.6 Å². The Bertz CT molecular complexity index is 1060. The van der Waals surface area contributed by atoms with E-state index in [1.807, 2.05) is 0 Å². The fourth-order valence-corrected chi connectivity index (χ4v) is 2.48. The molecule has 27 heavy (non-hydrogen) atoms. The zero-order chi connectivity index (χ0) is 18.8. The largest absolute Gasteiger partial charge is 0.415 e. The maximum atomic E-state index is 12.5. The van der Waals surface area contributed by atoms with Crippen molar-refractivity contribution < 1.29 is 13.2 Å². The van der Waals surface area contributed by atoms with E-state index in [0.717, 1.165) is 5.56 Å². The number of alkyl halides is 2. The van der Waals surface area contributed by atoms with E-state index in [9.17, 15) is 8.78 Å². The van der Waals surface area contributed by atoms with Gasteiger partial charge in [0, 0.05) is 24.2 Å². The molecule has 8 nitrogen and oxygen atoms in total. The standard InChI is InChI=1S/C16H10ClF2N7O/c17-11-3-10(4-20-6-11)13-8-26(25-22-13)7-12-2-1-9(5-21-12)15-23-24-16(27-15)14(18)19/h1-6,8,14H,7H2. The Morgan fingerprint density at radius 1 is 1.07 bits per heavy atom. The molecule has 0 aromatic carbocycles. The van der Waals surface area contributed by atoms with Crippen molar-refractivity contribution in [3.05, 3.63) is 59.6 Å². The van der Waals surface area contributed by atoms with Crippen molar-refractivity contribution in [1.29, 1.82) is 0 Å². The normalized spacial score (nSPS) is 11.3. The molecular formula is C16H10ClF2N7O. The highest BCUT2D eigenvalue weighted by atomic mass is 35.5. The lowest BCUT2D eigenvalue weighted by Gasteiger charge is -2.01. The summed E-state index contributed by atoms with van der Waals surface area (Å²) in [7, 11) is 0. The van der Waals surface area contributed by atoms with Crippen LogP contribution in [0.2, 0.25) is 5.02 Å². The molecule has 11 heteroatoms. The van der Waals surface area contributed by atoms with Crippen LogP contribution < -0.4 is 0 Å². The lowest BCUT2D eigenvalue weighted by Crippen LogP contribution is -2.02. The number of rotatable bonds is 5. The third kappa shape index (κ3) is 3.80. The molecule has 0 unspecified atom stereocenters. The summed E-state index contributed by atoms with van der Waals surface area (Å²) in [5.74, 6) is -0.736. The lowest BCUT2D eigenvalue weighted by molar-refractivity contribution is 0.116. The summed E-state index contributed by atoms with van der Waals surface area (Å²) < 4.78 is 31.5. The zero-order valence-electron chi connectivity index (χ0n) is 13.5. The fourth-order valence-electron chi connectivity index (χ4n) is 2.31. The average molecular weight is 390 g/mol. The number of hydrogen-bond donors (Lipinski definition) is 0. The molecule has 0 saturated heterocycles. The van der Waals surface area contributed by atoms with Gasteiger partial charge in [0.25, 0.3) is 5.89 Å². The van der Waals surface area contributed by atoms with E-state index in [0.29, 0.717) is 28.5 Å². The molecule has 0 aliphatic heterocycles. The van der Waals surface area contributed by atoms with Crippen LogP contribution in [0.1, 0.15) is 18.0 Å². The van der Waals surface area contributed by atoms with Gasteiger partial charge in [-0.05, 0) is 18.2 Å². The van der Waals surface area contributed by atoms with E-state index in [4.69, 9.17) is 16.0 Å². The van der Waals surface area contributed by atoms with Crippen LogP contribution in [0.15, 0.2) is 47.4 Å². The quantitative estimate of drug-likeness (QED) is 0.516. The smallest absolute Gasteiger partial charge is 0.314 e. The van der Waals surface area contributed by atoms with Crippen LogP contribution in [0.25, 0.3) is 22.7 Å². The summed E-state index contributed by atoms with van der Waals surface area (Å²) >= 11 is 5.93. The molecule has 0 saturated carbocycles. The summed E-state index contributed by atoms with van der Waals surface area (Å²) in [4.78, 5) is 8.28. The number of halogens is 3. The number of aromatic nitrogens is 7. The predicted octanol–water partition coefficient (Wildman–Crippen LogP) is 3.42. The van der Waals surface area contributed by atoms with E-state index in [1.165, 1.54) is 12.4 Å². The average Bonchev–Trinajstić information content (AvgIpc) is 3.32. The van der Waals surface area contributed by atoms with Gasteiger partial charge in [0.05, 0.1) is 29.0 Å². The Labute approximate surface area is 155 Å². The third-order valence-electron chi connectivity index (χ3n) is 3.56. The summed E-state index contributed by atoms with van der Waals surface area (Å²) in [6.07, 6.45) is 3.58. The summed E-state index contributed by atoms with van der Waals surface area (Å²) in [5, 5.41) is 15.5. The molecule has 4 aromatic rings. The van der Waals surface area contributed by atoms with Crippen LogP contribution in [-0.4, -0.2) is 35.2 Å². The van der Waals surface area contributed by atoms with Crippen molar-refractivity contribution in [2.75, 3.05) is 0 Å². The molecule has 0 aliphatic carbocycles. The minimum atomic E-state index is -2.81. The molecule has 0 spiro atoms. The third-order valence-corrected chi connectivity index (χ3v) is 3.77. The Hall–Kier alpha value is -3.27. The van der Waals surface area contributed by atoms with Gasteiger partial charge in [-0.2, -0.15) is 8.78 Å². The van der Waals surface area contributed by atoms with Gasteiger partial charge in [-0.25, -0.2) is 4.68 Å². The topological polar surface area (TPSA) is 95.4 Å². The van der Waals surface area contributed by atoms with Crippen LogP contribution in [0.5, 0.6) is 0 Å². The van der Waals surface area contributed by atoms with Gasteiger partial charge in [0.15, 0.2) is 0 Å². The predicted molar refractivity (Wildman–Crippen MR) is 89.9 cm³/mol. The molecule has 0 N–H and O–H groups in total. The van der Waals surface area contributed by atoms with Gasteiger partial charge in [0.2, 0.25) is 5.89 Å². The van der Waals surface area contributed by atoms with Crippen molar-refractivity contribution in [3.63, 3.8) is 0 Å².